The van der Waals surface area contributed by atoms with Gasteiger partial charge in [0, 0.05) is 18.1 Å². The van der Waals surface area contributed by atoms with E-state index in [1.807, 2.05) is 0 Å². The summed E-state index contributed by atoms with van der Waals surface area (Å²) in [5.41, 5.74) is 6.95. The fourth-order valence-electron chi connectivity index (χ4n) is 1.61. The van der Waals surface area contributed by atoms with E-state index in [1.54, 1.807) is 25.2 Å². The Kier molecular flexibility index (Phi) is 1.91. The molecule has 74 valence electrons. The van der Waals surface area contributed by atoms with Crippen molar-refractivity contribution in [2.45, 2.75) is 6.43 Å². The summed E-state index contributed by atoms with van der Waals surface area (Å²) in [4.78, 5) is 0. The third kappa shape index (κ3) is 1.14. The van der Waals surface area contributed by atoms with Crippen molar-refractivity contribution in [3.63, 3.8) is 0 Å². The standard InChI is InChI=1S/C10H10F2N2/c1-14-8-4-2-3-7(13)6(8)5-9(14)10(11)12/h2-5,10H,13H2,1H3. The number of aromatic nitrogens is 1. The van der Waals surface area contributed by atoms with Crippen LogP contribution in [0.2, 0.25) is 0 Å². The van der Waals surface area contributed by atoms with Crippen LogP contribution >= 0.6 is 0 Å². The van der Waals surface area contributed by atoms with Gasteiger partial charge < -0.3 is 10.3 Å². The summed E-state index contributed by atoms with van der Waals surface area (Å²) in [5, 5.41) is 0.685. The molecule has 0 bridgehead atoms. The maximum absolute atomic E-state index is 12.5. The molecule has 2 nitrogen and oxygen atoms in total. The number of aryl methyl sites for hydroxylation is 1. The maximum Gasteiger partial charge on any atom is 0.278 e. The smallest absolute Gasteiger partial charge is 0.278 e. The Morgan fingerprint density at radius 1 is 1.36 bits per heavy atom. The van der Waals surface area contributed by atoms with E-state index in [9.17, 15) is 8.78 Å². The highest BCUT2D eigenvalue weighted by Gasteiger charge is 2.14. The highest BCUT2D eigenvalue weighted by molar-refractivity contribution is 5.92. The van der Waals surface area contributed by atoms with Gasteiger partial charge in [0.15, 0.2) is 0 Å². The zero-order valence-electron chi connectivity index (χ0n) is 7.67. The predicted octanol–water partition coefficient (Wildman–Crippen LogP) is 2.70. The lowest BCUT2D eigenvalue weighted by molar-refractivity contribution is 0.143. The van der Waals surface area contributed by atoms with Gasteiger partial charge in [0.25, 0.3) is 6.43 Å². The van der Waals surface area contributed by atoms with Gasteiger partial charge in [0.1, 0.15) is 0 Å². The largest absolute Gasteiger partial charge is 0.398 e. The van der Waals surface area contributed by atoms with E-state index in [-0.39, 0.29) is 5.69 Å². The van der Waals surface area contributed by atoms with Crippen molar-refractivity contribution in [3.05, 3.63) is 30.0 Å². The van der Waals surface area contributed by atoms with Crippen molar-refractivity contribution in [2.75, 3.05) is 5.73 Å². The SMILES string of the molecule is Cn1c(C(F)F)cc2c(N)cccc21. The lowest BCUT2D eigenvalue weighted by Crippen LogP contribution is -1.95. The molecule has 0 aliphatic carbocycles. The lowest BCUT2D eigenvalue weighted by Gasteiger charge is -2.01. The summed E-state index contributed by atoms with van der Waals surface area (Å²) in [7, 11) is 1.61. The Labute approximate surface area is 79.9 Å². The van der Waals surface area contributed by atoms with Crippen molar-refractivity contribution in [3.8, 4) is 0 Å². The van der Waals surface area contributed by atoms with Crippen molar-refractivity contribution >= 4 is 16.6 Å². The number of anilines is 1. The van der Waals surface area contributed by atoms with Crippen LogP contribution in [0.4, 0.5) is 14.5 Å². The Bertz CT molecular complexity index is 474. The molecule has 14 heavy (non-hydrogen) atoms. The van der Waals surface area contributed by atoms with Gasteiger partial charge in [-0.3, -0.25) is 0 Å². The molecule has 1 aromatic heterocycles. The minimum Gasteiger partial charge on any atom is -0.398 e. The number of nitrogens with two attached hydrogens (primary N) is 1. The van der Waals surface area contributed by atoms with Gasteiger partial charge >= 0.3 is 0 Å². The molecule has 0 spiro atoms. The number of nitrogen functional groups attached to an aromatic ring is 1. The number of hydrogen-bond acceptors (Lipinski definition) is 1. The molecule has 2 N–H and O–H groups in total. The number of alkyl halides is 2. The van der Waals surface area contributed by atoms with E-state index in [4.69, 9.17) is 5.73 Å². The predicted molar refractivity (Wildman–Crippen MR) is 52.3 cm³/mol. The molecule has 2 rings (SSSR count). The molecule has 0 aliphatic rings. The van der Waals surface area contributed by atoms with E-state index in [0.717, 1.165) is 5.52 Å². The number of halogens is 2. The van der Waals surface area contributed by atoms with Crippen LogP contribution in [-0.2, 0) is 7.05 Å². The highest BCUT2D eigenvalue weighted by atomic mass is 19.3. The van der Waals surface area contributed by atoms with Gasteiger partial charge in [-0.25, -0.2) is 8.78 Å². The zero-order chi connectivity index (χ0) is 10.3. The van der Waals surface area contributed by atoms with Crippen LogP contribution in [0.25, 0.3) is 10.9 Å². The first-order chi connectivity index (χ1) is 6.61. The van der Waals surface area contributed by atoms with Gasteiger partial charge in [0.05, 0.1) is 11.2 Å². The zero-order valence-corrected chi connectivity index (χ0v) is 7.67. The second-order valence-corrected chi connectivity index (χ2v) is 3.21. The average molecular weight is 196 g/mol. The Morgan fingerprint density at radius 3 is 2.64 bits per heavy atom. The first kappa shape index (κ1) is 8.99. The van der Waals surface area contributed by atoms with Crippen molar-refractivity contribution in [2.24, 2.45) is 7.05 Å². The summed E-state index contributed by atoms with van der Waals surface area (Å²) >= 11 is 0. The fourth-order valence-corrected chi connectivity index (χ4v) is 1.61. The molecule has 4 heteroatoms. The molecule has 1 aromatic carbocycles. The summed E-state index contributed by atoms with van der Waals surface area (Å²) < 4.78 is 26.5. The molecule has 0 fully saturated rings. The molecule has 0 saturated heterocycles. The van der Waals surface area contributed by atoms with Gasteiger partial charge in [-0.1, -0.05) is 6.07 Å². The number of benzene rings is 1. The van der Waals surface area contributed by atoms with E-state index >= 15 is 0 Å². The third-order valence-electron chi connectivity index (χ3n) is 2.38. The molecular weight excluding hydrogens is 186 g/mol. The van der Waals surface area contributed by atoms with Crippen LogP contribution in [0.15, 0.2) is 24.3 Å². The molecule has 0 unspecified atom stereocenters. The normalized spacial score (nSPS) is 11.4. The molecular formula is C10H10F2N2. The van der Waals surface area contributed by atoms with Crippen molar-refractivity contribution in [1.29, 1.82) is 0 Å². The Balaban J connectivity index is 2.80. The van der Waals surface area contributed by atoms with E-state index in [2.05, 4.69) is 0 Å². The summed E-state index contributed by atoms with van der Waals surface area (Å²) in [6.45, 7) is 0. The van der Waals surface area contributed by atoms with Crippen LogP contribution < -0.4 is 5.73 Å². The Morgan fingerprint density at radius 2 is 2.07 bits per heavy atom. The molecule has 1 heterocycles. The highest BCUT2D eigenvalue weighted by Crippen LogP contribution is 2.29. The number of rotatable bonds is 1. The molecule has 0 saturated carbocycles. The average Bonchev–Trinajstić information content (AvgIpc) is 2.46. The van der Waals surface area contributed by atoms with Gasteiger partial charge in [-0.05, 0) is 18.2 Å². The summed E-state index contributed by atoms with van der Waals surface area (Å²) in [6, 6.07) is 6.68. The Hall–Kier alpha value is -1.58. The number of hydrogen-bond donors (Lipinski definition) is 1. The van der Waals surface area contributed by atoms with Crippen LogP contribution in [0.5, 0.6) is 0 Å². The van der Waals surface area contributed by atoms with Crippen LogP contribution in [0, 0.1) is 0 Å². The van der Waals surface area contributed by atoms with Gasteiger partial charge in [-0.2, -0.15) is 0 Å². The molecule has 0 aliphatic heterocycles. The maximum atomic E-state index is 12.5. The number of fused-ring (bicyclic) bond motifs is 1. The van der Waals surface area contributed by atoms with Crippen LogP contribution in [0.1, 0.15) is 12.1 Å². The first-order valence-electron chi connectivity index (χ1n) is 4.23. The van der Waals surface area contributed by atoms with E-state index in [1.165, 1.54) is 10.6 Å². The van der Waals surface area contributed by atoms with E-state index < -0.39 is 6.43 Å². The monoisotopic (exact) mass is 196 g/mol. The molecule has 0 radical (unpaired) electrons. The minimum absolute atomic E-state index is 0.00194. The summed E-state index contributed by atoms with van der Waals surface area (Å²) in [5.74, 6) is 0. The quantitative estimate of drug-likeness (QED) is 0.698. The van der Waals surface area contributed by atoms with Crippen LogP contribution in [0.3, 0.4) is 0 Å². The molecule has 0 atom stereocenters. The third-order valence-corrected chi connectivity index (χ3v) is 2.38. The molecule has 2 aromatic rings. The molecule has 0 amide bonds. The van der Waals surface area contributed by atoms with Gasteiger partial charge in [0.2, 0.25) is 0 Å². The van der Waals surface area contributed by atoms with Crippen molar-refractivity contribution in [1.82, 2.24) is 4.57 Å². The lowest BCUT2D eigenvalue weighted by atomic mass is 10.2. The first-order valence-corrected chi connectivity index (χ1v) is 4.23. The van der Waals surface area contributed by atoms with Crippen molar-refractivity contribution < 1.29 is 8.78 Å². The van der Waals surface area contributed by atoms with E-state index in [0.29, 0.717) is 11.1 Å². The fraction of sp³-hybridized carbons (Fsp3) is 0.200. The summed E-state index contributed by atoms with van der Waals surface area (Å²) in [6.07, 6.45) is -2.47. The second kappa shape index (κ2) is 2.97. The number of nitrogens with zero attached hydrogens (tertiary/aromatic N) is 1. The minimum atomic E-state index is -2.47. The topological polar surface area (TPSA) is 30.9 Å². The van der Waals surface area contributed by atoms with Gasteiger partial charge in [-0.15, -0.1) is 0 Å². The second-order valence-electron chi connectivity index (χ2n) is 3.21. The van der Waals surface area contributed by atoms with Crippen LogP contribution in [-0.4, -0.2) is 4.57 Å².